The maximum absolute atomic E-state index is 11.4. The van der Waals surface area contributed by atoms with Crippen molar-refractivity contribution in [3.8, 4) is 5.75 Å². The second-order valence-corrected chi connectivity index (χ2v) is 3.47. The summed E-state index contributed by atoms with van der Waals surface area (Å²) < 4.78 is 15.4. The maximum atomic E-state index is 11.4. The third kappa shape index (κ3) is 2.02. The zero-order valence-corrected chi connectivity index (χ0v) is 9.30. The smallest absolute Gasteiger partial charge is 0.338 e. The van der Waals surface area contributed by atoms with Gasteiger partial charge in [0.1, 0.15) is 11.9 Å². The van der Waals surface area contributed by atoms with Crippen molar-refractivity contribution in [2.75, 3.05) is 13.7 Å². The van der Waals surface area contributed by atoms with Gasteiger partial charge in [-0.1, -0.05) is 18.2 Å². The first-order chi connectivity index (χ1) is 7.77. The number of benzene rings is 1. The summed E-state index contributed by atoms with van der Waals surface area (Å²) in [5.41, 5.74) is 0.892. The van der Waals surface area contributed by atoms with Crippen LogP contribution in [0.3, 0.4) is 0 Å². The Labute approximate surface area is 94.1 Å². The molecule has 16 heavy (non-hydrogen) atoms. The molecule has 2 unspecified atom stereocenters. The number of epoxide rings is 1. The minimum atomic E-state index is -0.476. The Morgan fingerprint density at radius 3 is 2.88 bits per heavy atom. The van der Waals surface area contributed by atoms with Crippen molar-refractivity contribution in [3.63, 3.8) is 0 Å². The van der Waals surface area contributed by atoms with E-state index in [0.29, 0.717) is 6.61 Å². The zero-order valence-electron chi connectivity index (χ0n) is 9.30. The summed E-state index contributed by atoms with van der Waals surface area (Å²) in [4.78, 5) is 11.4. The van der Waals surface area contributed by atoms with E-state index in [4.69, 9.17) is 14.2 Å². The Kier molecular flexibility index (Phi) is 3.10. The summed E-state index contributed by atoms with van der Waals surface area (Å²) in [6.07, 6.45) is -0.702. The molecule has 0 saturated carbocycles. The van der Waals surface area contributed by atoms with Crippen molar-refractivity contribution in [1.29, 1.82) is 0 Å². The molecule has 4 nitrogen and oxygen atoms in total. The molecule has 1 aromatic rings. The first-order valence-corrected chi connectivity index (χ1v) is 5.23. The van der Waals surface area contributed by atoms with Crippen LogP contribution in [0, 0.1) is 0 Å². The fourth-order valence-corrected chi connectivity index (χ4v) is 1.65. The van der Waals surface area contributed by atoms with Crippen molar-refractivity contribution >= 4 is 5.97 Å². The Morgan fingerprint density at radius 2 is 2.19 bits per heavy atom. The summed E-state index contributed by atoms with van der Waals surface area (Å²) in [6.45, 7) is 2.15. The average molecular weight is 222 g/mol. The average Bonchev–Trinajstić information content (AvgIpc) is 3.09. The van der Waals surface area contributed by atoms with Crippen molar-refractivity contribution in [3.05, 3.63) is 29.8 Å². The number of para-hydroxylation sites is 1. The van der Waals surface area contributed by atoms with Gasteiger partial charge in [0.25, 0.3) is 0 Å². The molecule has 1 heterocycles. The molecule has 0 N–H and O–H groups in total. The van der Waals surface area contributed by atoms with Crippen LogP contribution in [0.15, 0.2) is 24.3 Å². The lowest BCUT2D eigenvalue weighted by atomic mass is 10.1. The summed E-state index contributed by atoms with van der Waals surface area (Å²) in [5.74, 6) is 0.428. The Hall–Kier alpha value is -1.55. The van der Waals surface area contributed by atoms with Gasteiger partial charge < -0.3 is 14.2 Å². The third-order valence-corrected chi connectivity index (χ3v) is 2.46. The SMILES string of the molecule is CCOC(=O)C1OC1c1ccccc1OC. The lowest BCUT2D eigenvalue weighted by Gasteiger charge is -2.04. The molecule has 0 aromatic heterocycles. The first kappa shape index (κ1) is 11.0. The lowest BCUT2D eigenvalue weighted by Crippen LogP contribution is -2.12. The molecule has 86 valence electrons. The lowest BCUT2D eigenvalue weighted by molar-refractivity contribution is -0.144. The van der Waals surface area contributed by atoms with E-state index in [1.165, 1.54) is 0 Å². The molecule has 2 rings (SSSR count). The molecule has 4 heteroatoms. The fourth-order valence-electron chi connectivity index (χ4n) is 1.65. The van der Waals surface area contributed by atoms with E-state index in [1.807, 2.05) is 24.3 Å². The second kappa shape index (κ2) is 4.53. The molecule has 1 saturated heterocycles. The molecule has 1 aromatic carbocycles. The van der Waals surface area contributed by atoms with Crippen molar-refractivity contribution < 1.29 is 19.0 Å². The van der Waals surface area contributed by atoms with Gasteiger partial charge in [0, 0.05) is 5.56 Å². The van der Waals surface area contributed by atoms with E-state index in [9.17, 15) is 4.79 Å². The minimum absolute atomic E-state index is 0.227. The van der Waals surface area contributed by atoms with Crippen LogP contribution in [0.2, 0.25) is 0 Å². The highest BCUT2D eigenvalue weighted by Crippen LogP contribution is 2.43. The number of carbonyl (C=O) groups excluding carboxylic acids is 1. The van der Waals surface area contributed by atoms with E-state index in [2.05, 4.69) is 0 Å². The molecule has 1 aliphatic rings. The van der Waals surface area contributed by atoms with Gasteiger partial charge in [-0.05, 0) is 13.0 Å². The summed E-state index contributed by atoms with van der Waals surface area (Å²) in [6, 6.07) is 7.51. The highest BCUT2D eigenvalue weighted by molar-refractivity contribution is 5.78. The molecule has 0 aliphatic carbocycles. The van der Waals surface area contributed by atoms with Crippen LogP contribution < -0.4 is 4.74 Å². The molecule has 2 atom stereocenters. The van der Waals surface area contributed by atoms with Crippen molar-refractivity contribution in [1.82, 2.24) is 0 Å². The number of rotatable bonds is 4. The molecular weight excluding hydrogens is 208 g/mol. The highest BCUT2D eigenvalue weighted by atomic mass is 16.6. The fraction of sp³-hybridized carbons (Fsp3) is 0.417. The summed E-state index contributed by atoms with van der Waals surface area (Å²) in [7, 11) is 1.60. The zero-order chi connectivity index (χ0) is 11.5. The molecule has 1 fully saturated rings. The van der Waals surface area contributed by atoms with Gasteiger partial charge in [-0.3, -0.25) is 0 Å². The van der Waals surface area contributed by atoms with E-state index in [-0.39, 0.29) is 12.1 Å². The van der Waals surface area contributed by atoms with E-state index < -0.39 is 6.10 Å². The van der Waals surface area contributed by atoms with Gasteiger partial charge in [-0.2, -0.15) is 0 Å². The van der Waals surface area contributed by atoms with Crippen LogP contribution in [0.4, 0.5) is 0 Å². The number of ether oxygens (including phenoxy) is 3. The van der Waals surface area contributed by atoms with Crippen molar-refractivity contribution in [2.24, 2.45) is 0 Å². The summed E-state index contributed by atoms with van der Waals surface area (Å²) in [5, 5.41) is 0. The van der Waals surface area contributed by atoms with Crippen LogP contribution in [0.25, 0.3) is 0 Å². The number of methoxy groups -OCH3 is 1. The monoisotopic (exact) mass is 222 g/mol. The first-order valence-electron chi connectivity index (χ1n) is 5.23. The Balaban J connectivity index is 2.08. The van der Waals surface area contributed by atoms with Gasteiger partial charge in [-0.15, -0.1) is 0 Å². The number of hydrogen-bond donors (Lipinski definition) is 0. The van der Waals surface area contributed by atoms with E-state index in [1.54, 1.807) is 14.0 Å². The van der Waals surface area contributed by atoms with Crippen molar-refractivity contribution in [2.45, 2.75) is 19.1 Å². The van der Waals surface area contributed by atoms with E-state index >= 15 is 0 Å². The topological polar surface area (TPSA) is 48.1 Å². The molecule has 0 radical (unpaired) electrons. The Bertz CT molecular complexity index is 388. The quantitative estimate of drug-likeness (QED) is 0.574. The predicted octanol–water partition coefficient (Wildman–Crippen LogP) is 1.70. The molecule has 0 bridgehead atoms. The van der Waals surface area contributed by atoms with Gasteiger partial charge in [0.05, 0.1) is 13.7 Å². The number of esters is 1. The predicted molar refractivity (Wildman–Crippen MR) is 57.2 cm³/mol. The largest absolute Gasteiger partial charge is 0.496 e. The minimum Gasteiger partial charge on any atom is -0.496 e. The number of carbonyl (C=O) groups is 1. The van der Waals surface area contributed by atoms with E-state index in [0.717, 1.165) is 11.3 Å². The maximum Gasteiger partial charge on any atom is 0.338 e. The van der Waals surface area contributed by atoms with Crippen LogP contribution >= 0.6 is 0 Å². The standard InChI is InChI=1S/C12H14O4/c1-3-15-12(13)11-10(16-11)8-6-4-5-7-9(8)14-2/h4-7,10-11H,3H2,1-2H3. The number of hydrogen-bond acceptors (Lipinski definition) is 4. The normalized spacial score (nSPS) is 22.6. The molecular formula is C12H14O4. The Morgan fingerprint density at radius 1 is 1.44 bits per heavy atom. The van der Waals surface area contributed by atoms with Gasteiger partial charge in [-0.25, -0.2) is 4.79 Å². The van der Waals surface area contributed by atoms with Gasteiger partial charge >= 0.3 is 5.97 Å². The highest BCUT2D eigenvalue weighted by Gasteiger charge is 2.48. The molecule has 1 aliphatic heterocycles. The molecule has 0 spiro atoms. The summed E-state index contributed by atoms with van der Waals surface area (Å²) >= 11 is 0. The van der Waals surface area contributed by atoms with Gasteiger partial charge in [0.2, 0.25) is 0 Å². The third-order valence-electron chi connectivity index (χ3n) is 2.46. The second-order valence-electron chi connectivity index (χ2n) is 3.47. The van der Waals surface area contributed by atoms with Crippen LogP contribution in [-0.2, 0) is 14.3 Å². The van der Waals surface area contributed by atoms with Gasteiger partial charge in [0.15, 0.2) is 6.10 Å². The molecule has 0 amide bonds. The van der Waals surface area contributed by atoms with Crippen LogP contribution in [-0.4, -0.2) is 25.8 Å². The van der Waals surface area contributed by atoms with Crippen LogP contribution in [0.5, 0.6) is 5.75 Å². The van der Waals surface area contributed by atoms with Crippen LogP contribution in [0.1, 0.15) is 18.6 Å².